The quantitative estimate of drug-likeness (QED) is 0.807. The molecule has 0 bridgehead atoms. The van der Waals surface area contributed by atoms with E-state index in [4.69, 9.17) is 5.14 Å². The van der Waals surface area contributed by atoms with E-state index in [0.29, 0.717) is 0 Å². The summed E-state index contributed by atoms with van der Waals surface area (Å²) >= 11 is 0. The zero-order chi connectivity index (χ0) is 13.8. The van der Waals surface area contributed by atoms with E-state index < -0.39 is 10.0 Å². The van der Waals surface area contributed by atoms with E-state index in [9.17, 15) is 8.42 Å². The number of nitrogens with two attached hydrogens (primary N) is 1. The van der Waals surface area contributed by atoms with Crippen LogP contribution < -0.4 is 5.14 Å². The smallest absolute Gasteiger partial charge is 0.239 e. The number of nitrogens with zero attached hydrogens (tertiary/aromatic N) is 1. The highest BCUT2D eigenvalue weighted by atomic mass is 32.2. The molecule has 0 aliphatic carbocycles. The van der Waals surface area contributed by atoms with E-state index in [0.717, 1.165) is 36.1 Å². The number of primary sulfonamides is 1. The molecule has 102 valence electrons. The molecular formula is C13H22N2O2S. The lowest BCUT2D eigenvalue weighted by molar-refractivity contribution is 0.596. The van der Waals surface area contributed by atoms with Crippen LogP contribution >= 0.6 is 0 Å². The fourth-order valence-corrected chi connectivity index (χ4v) is 2.88. The van der Waals surface area contributed by atoms with E-state index in [1.54, 1.807) is 0 Å². The van der Waals surface area contributed by atoms with Crippen LogP contribution in [-0.4, -0.2) is 13.4 Å². The molecule has 4 nitrogen and oxygen atoms in total. The minimum atomic E-state index is -3.67. The average molecular weight is 270 g/mol. The Bertz CT molecular complexity index is 510. The number of unbranched alkanes of at least 4 members (excludes halogenated alkanes) is 3. The summed E-state index contributed by atoms with van der Waals surface area (Å²) in [5.41, 5.74) is 2.68. The lowest BCUT2D eigenvalue weighted by Crippen LogP contribution is -2.16. The highest BCUT2D eigenvalue weighted by Gasteiger charge is 2.16. The molecule has 0 saturated carbocycles. The van der Waals surface area contributed by atoms with Gasteiger partial charge in [0, 0.05) is 11.9 Å². The molecule has 0 saturated heterocycles. The van der Waals surface area contributed by atoms with Gasteiger partial charge in [0.05, 0.1) is 0 Å². The van der Waals surface area contributed by atoms with Crippen LogP contribution in [0.4, 0.5) is 0 Å². The van der Waals surface area contributed by atoms with Crippen LogP contribution in [0.2, 0.25) is 0 Å². The van der Waals surface area contributed by atoms with Crippen LogP contribution in [0.1, 0.15) is 49.4 Å². The Hall–Kier alpha value is -0.940. The molecule has 1 heterocycles. The molecule has 0 atom stereocenters. The Morgan fingerprint density at radius 3 is 2.44 bits per heavy atom. The molecule has 0 radical (unpaired) electrons. The van der Waals surface area contributed by atoms with Crippen molar-refractivity contribution in [3.63, 3.8) is 0 Å². The first-order valence-electron chi connectivity index (χ1n) is 6.35. The van der Waals surface area contributed by atoms with Crippen LogP contribution in [0.5, 0.6) is 0 Å². The van der Waals surface area contributed by atoms with Crippen molar-refractivity contribution in [2.24, 2.45) is 5.14 Å². The SMILES string of the molecule is CCCCCCc1c(C)ncc(S(N)(=O)=O)c1C. The number of hydrogen-bond donors (Lipinski definition) is 1. The molecule has 0 spiro atoms. The maximum absolute atomic E-state index is 11.4. The molecule has 0 unspecified atom stereocenters. The van der Waals surface area contributed by atoms with Crippen molar-refractivity contribution in [1.82, 2.24) is 4.98 Å². The number of sulfonamides is 1. The predicted octanol–water partition coefficient (Wildman–Crippen LogP) is 2.47. The van der Waals surface area contributed by atoms with Gasteiger partial charge in [-0.05, 0) is 37.8 Å². The lowest BCUT2D eigenvalue weighted by atomic mass is 10.0. The van der Waals surface area contributed by atoms with Gasteiger partial charge in [0.2, 0.25) is 10.0 Å². The second-order valence-electron chi connectivity index (χ2n) is 4.67. The van der Waals surface area contributed by atoms with E-state index in [1.807, 2.05) is 13.8 Å². The van der Waals surface area contributed by atoms with Gasteiger partial charge in [0.15, 0.2) is 0 Å². The molecule has 1 aromatic rings. The number of aryl methyl sites for hydroxylation is 1. The highest BCUT2D eigenvalue weighted by molar-refractivity contribution is 7.89. The van der Waals surface area contributed by atoms with E-state index >= 15 is 0 Å². The summed E-state index contributed by atoms with van der Waals surface area (Å²) in [5.74, 6) is 0. The molecule has 0 aliphatic heterocycles. The first-order valence-corrected chi connectivity index (χ1v) is 7.90. The summed E-state index contributed by atoms with van der Waals surface area (Å²) in [5, 5.41) is 5.19. The fraction of sp³-hybridized carbons (Fsp3) is 0.615. The normalized spacial score (nSPS) is 11.8. The summed E-state index contributed by atoms with van der Waals surface area (Å²) in [6, 6.07) is 0. The van der Waals surface area contributed by atoms with Crippen LogP contribution in [0.3, 0.4) is 0 Å². The maximum Gasteiger partial charge on any atom is 0.239 e. The van der Waals surface area contributed by atoms with Crippen molar-refractivity contribution in [2.45, 2.75) is 57.8 Å². The van der Waals surface area contributed by atoms with Gasteiger partial charge in [-0.3, -0.25) is 4.98 Å². The number of rotatable bonds is 6. The van der Waals surface area contributed by atoms with Crippen molar-refractivity contribution in [3.05, 3.63) is 23.0 Å². The summed E-state index contributed by atoms with van der Waals surface area (Å²) in [6.07, 6.45) is 6.84. The van der Waals surface area contributed by atoms with Gasteiger partial charge in [0.1, 0.15) is 4.90 Å². The zero-order valence-electron chi connectivity index (χ0n) is 11.4. The van der Waals surface area contributed by atoms with Crippen molar-refractivity contribution in [3.8, 4) is 0 Å². The Morgan fingerprint density at radius 2 is 1.89 bits per heavy atom. The molecule has 1 aromatic heterocycles. The topological polar surface area (TPSA) is 73.0 Å². The lowest BCUT2D eigenvalue weighted by Gasteiger charge is -2.12. The maximum atomic E-state index is 11.4. The summed E-state index contributed by atoms with van der Waals surface area (Å²) in [6.45, 7) is 5.89. The van der Waals surface area contributed by atoms with Crippen LogP contribution in [0.25, 0.3) is 0 Å². The molecule has 0 aliphatic rings. The summed E-state index contributed by atoms with van der Waals surface area (Å²) in [7, 11) is -3.67. The predicted molar refractivity (Wildman–Crippen MR) is 72.9 cm³/mol. The Labute approximate surface area is 110 Å². The van der Waals surface area contributed by atoms with Crippen molar-refractivity contribution < 1.29 is 8.42 Å². The third-order valence-corrected chi connectivity index (χ3v) is 4.25. The third-order valence-electron chi connectivity index (χ3n) is 3.22. The molecule has 0 aromatic carbocycles. The Balaban J connectivity index is 2.97. The molecular weight excluding hydrogens is 248 g/mol. The van der Waals surface area contributed by atoms with Gasteiger partial charge in [-0.15, -0.1) is 0 Å². The number of hydrogen-bond acceptors (Lipinski definition) is 3. The van der Waals surface area contributed by atoms with Crippen molar-refractivity contribution in [1.29, 1.82) is 0 Å². The first-order chi connectivity index (χ1) is 8.38. The molecule has 0 fully saturated rings. The fourth-order valence-electron chi connectivity index (χ4n) is 2.13. The zero-order valence-corrected chi connectivity index (χ0v) is 12.2. The first kappa shape index (κ1) is 15.1. The third kappa shape index (κ3) is 3.78. The summed E-state index contributed by atoms with van der Waals surface area (Å²) in [4.78, 5) is 4.30. The van der Waals surface area contributed by atoms with E-state index in [-0.39, 0.29) is 4.90 Å². The van der Waals surface area contributed by atoms with Crippen molar-refractivity contribution >= 4 is 10.0 Å². The number of aromatic nitrogens is 1. The van der Waals surface area contributed by atoms with Crippen molar-refractivity contribution in [2.75, 3.05) is 0 Å². The molecule has 5 heteroatoms. The van der Waals surface area contributed by atoms with E-state index in [2.05, 4.69) is 11.9 Å². The monoisotopic (exact) mass is 270 g/mol. The minimum absolute atomic E-state index is 0.151. The Morgan fingerprint density at radius 1 is 1.22 bits per heavy atom. The van der Waals surface area contributed by atoms with E-state index in [1.165, 1.54) is 19.0 Å². The van der Waals surface area contributed by atoms with Crippen LogP contribution in [0.15, 0.2) is 11.1 Å². The largest absolute Gasteiger partial charge is 0.260 e. The summed E-state index contributed by atoms with van der Waals surface area (Å²) < 4.78 is 22.9. The molecule has 1 rings (SSSR count). The Kier molecular flexibility index (Phi) is 5.28. The standard InChI is InChI=1S/C13H22N2O2S/c1-4-5-6-7-8-12-10(2)13(18(14,16)17)9-15-11(12)3/h9H,4-8H2,1-3H3,(H2,14,16,17). The van der Waals surface area contributed by atoms with Crippen LogP contribution in [0, 0.1) is 13.8 Å². The van der Waals surface area contributed by atoms with Gasteiger partial charge in [-0.1, -0.05) is 26.2 Å². The average Bonchev–Trinajstić information content (AvgIpc) is 2.26. The minimum Gasteiger partial charge on any atom is -0.260 e. The van der Waals surface area contributed by atoms with Crippen LogP contribution in [-0.2, 0) is 16.4 Å². The van der Waals surface area contributed by atoms with Gasteiger partial charge < -0.3 is 0 Å². The molecule has 0 amide bonds. The highest BCUT2D eigenvalue weighted by Crippen LogP contribution is 2.21. The second-order valence-corrected chi connectivity index (χ2v) is 6.20. The van der Waals surface area contributed by atoms with Gasteiger partial charge in [-0.2, -0.15) is 0 Å². The second kappa shape index (κ2) is 6.29. The van der Waals surface area contributed by atoms with Gasteiger partial charge >= 0.3 is 0 Å². The number of pyridine rings is 1. The molecule has 2 N–H and O–H groups in total. The van der Waals surface area contributed by atoms with Gasteiger partial charge in [-0.25, -0.2) is 13.6 Å². The molecule has 18 heavy (non-hydrogen) atoms. The van der Waals surface area contributed by atoms with Gasteiger partial charge in [0.25, 0.3) is 0 Å².